The fraction of sp³-hybridized carbons (Fsp3) is 0.467. The molecule has 0 unspecified atom stereocenters. The molecule has 0 fully saturated rings. The molecule has 0 atom stereocenters. The lowest BCUT2D eigenvalue weighted by molar-refractivity contribution is -0.139. The van der Waals surface area contributed by atoms with Gasteiger partial charge in [0.2, 0.25) is 0 Å². The normalized spacial score (nSPS) is 11.3. The van der Waals surface area contributed by atoms with Gasteiger partial charge in [0.1, 0.15) is 13.2 Å². The van der Waals surface area contributed by atoms with Crippen molar-refractivity contribution in [3.63, 3.8) is 0 Å². The van der Waals surface area contributed by atoms with Crippen molar-refractivity contribution < 1.29 is 19.1 Å². The zero-order valence-electron chi connectivity index (χ0n) is 21.8. The molecule has 0 aromatic carbocycles. The van der Waals surface area contributed by atoms with Crippen molar-refractivity contribution in [2.24, 2.45) is 0 Å². The summed E-state index contributed by atoms with van der Waals surface area (Å²) in [4.78, 5) is 32.7. The molecule has 0 spiro atoms. The molecule has 0 aliphatic rings. The molecule has 6 heteroatoms. The van der Waals surface area contributed by atoms with E-state index in [0.29, 0.717) is 11.4 Å². The van der Waals surface area contributed by atoms with Gasteiger partial charge in [-0.3, -0.25) is 9.97 Å². The number of aromatic nitrogens is 2. The van der Waals surface area contributed by atoms with Crippen LogP contribution in [0.25, 0.3) is 11.4 Å². The minimum Gasteiger partial charge on any atom is -0.458 e. The summed E-state index contributed by atoms with van der Waals surface area (Å²) in [7, 11) is 0. The molecule has 6 nitrogen and oxygen atoms in total. The molecule has 0 aliphatic heterocycles. The van der Waals surface area contributed by atoms with E-state index in [9.17, 15) is 9.59 Å². The number of nitrogens with zero attached hydrogens (tertiary/aromatic N) is 2. The van der Waals surface area contributed by atoms with E-state index in [1.165, 1.54) is 50.7 Å². The lowest BCUT2D eigenvalue weighted by Gasteiger charge is -2.07. The fourth-order valence-corrected chi connectivity index (χ4v) is 3.55. The van der Waals surface area contributed by atoms with E-state index in [2.05, 4.69) is 23.8 Å². The second-order valence-corrected chi connectivity index (χ2v) is 8.82. The first-order valence-electron chi connectivity index (χ1n) is 13.2. The predicted octanol–water partition coefficient (Wildman–Crippen LogP) is 7.28. The summed E-state index contributed by atoms with van der Waals surface area (Å²) < 4.78 is 10.7. The maximum atomic E-state index is 12.0. The topological polar surface area (TPSA) is 78.4 Å². The molecule has 0 saturated carbocycles. The number of allylic oxidation sites excluding steroid dienone is 2. The van der Waals surface area contributed by atoms with Crippen molar-refractivity contribution >= 4 is 11.9 Å². The third kappa shape index (κ3) is 12.4. The number of rotatable bonds is 17. The van der Waals surface area contributed by atoms with Crippen LogP contribution in [-0.4, -0.2) is 21.9 Å². The minimum atomic E-state index is -0.346. The van der Waals surface area contributed by atoms with Crippen LogP contribution in [0.2, 0.25) is 0 Å². The summed E-state index contributed by atoms with van der Waals surface area (Å²) >= 11 is 0. The Morgan fingerprint density at radius 2 is 1.14 bits per heavy atom. The summed E-state index contributed by atoms with van der Waals surface area (Å²) in [6.07, 6.45) is 21.3. The fourth-order valence-electron chi connectivity index (χ4n) is 3.55. The van der Waals surface area contributed by atoms with Gasteiger partial charge in [0.25, 0.3) is 0 Å². The molecule has 2 aromatic heterocycles. The number of carbonyl (C=O) groups is 2. The zero-order chi connectivity index (χ0) is 25.8. The van der Waals surface area contributed by atoms with Crippen molar-refractivity contribution in [1.82, 2.24) is 9.97 Å². The summed E-state index contributed by atoms with van der Waals surface area (Å²) in [5, 5.41) is 0. The Morgan fingerprint density at radius 3 is 1.56 bits per heavy atom. The van der Waals surface area contributed by atoms with Crippen molar-refractivity contribution in [3.8, 4) is 11.4 Å². The maximum absolute atomic E-state index is 12.0. The highest BCUT2D eigenvalue weighted by Gasteiger charge is 2.07. The highest BCUT2D eigenvalue weighted by Crippen LogP contribution is 2.18. The number of carbonyl (C=O) groups excluding carboxylic acids is 2. The van der Waals surface area contributed by atoms with Gasteiger partial charge in [-0.1, -0.05) is 64.5 Å². The van der Waals surface area contributed by atoms with Crippen LogP contribution in [0.5, 0.6) is 0 Å². The number of pyridine rings is 2. The van der Waals surface area contributed by atoms with Gasteiger partial charge < -0.3 is 9.47 Å². The van der Waals surface area contributed by atoms with Gasteiger partial charge >= 0.3 is 11.9 Å². The van der Waals surface area contributed by atoms with Gasteiger partial charge in [-0.25, -0.2) is 9.59 Å². The molecule has 2 aromatic rings. The molecule has 36 heavy (non-hydrogen) atoms. The number of esters is 2. The Bertz CT molecular complexity index is 905. The first-order valence-corrected chi connectivity index (χ1v) is 13.2. The molecule has 0 N–H and O–H groups in total. The van der Waals surface area contributed by atoms with Gasteiger partial charge in [-0.2, -0.15) is 0 Å². The standard InChI is InChI=1S/C30H40N2O4/c1-3-5-7-9-11-13-15-29(33)35-23-25-17-19-31-27(21-25)28-22-26(18-20-32-28)24-36-30(34)16-14-12-10-8-6-4-2/h13-22H,3-12,23-24H2,1-2H3/b15-13+,16-14+. The Labute approximate surface area is 215 Å². The lowest BCUT2D eigenvalue weighted by atomic mass is 10.1. The molecule has 2 heterocycles. The van der Waals surface area contributed by atoms with E-state index in [1.807, 2.05) is 36.4 Å². The van der Waals surface area contributed by atoms with Crippen LogP contribution in [0.3, 0.4) is 0 Å². The lowest BCUT2D eigenvalue weighted by Crippen LogP contribution is -2.02. The van der Waals surface area contributed by atoms with E-state index >= 15 is 0 Å². The third-order valence-corrected chi connectivity index (χ3v) is 5.63. The van der Waals surface area contributed by atoms with Gasteiger partial charge in [0.15, 0.2) is 0 Å². The van der Waals surface area contributed by atoms with Crippen LogP contribution < -0.4 is 0 Å². The smallest absolute Gasteiger partial charge is 0.330 e. The summed E-state index contributed by atoms with van der Waals surface area (Å²) in [6, 6.07) is 7.32. The third-order valence-electron chi connectivity index (χ3n) is 5.63. The average Bonchev–Trinajstić information content (AvgIpc) is 2.90. The van der Waals surface area contributed by atoms with Gasteiger partial charge in [0, 0.05) is 24.5 Å². The summed E-state index contributed by atoms with van der Waals surface area (Å²) in [6.45, 7) is 4.68. The van der Waals surface area contributed by atoms with Crippen LogP contribution in [-0.2, 0) is 32.3 Å². The average molecular weight is 493 g/mol. The van der Waals surface area contributed by atoms with Crippen LogP contribution in [0.15, 0.2) is 61.0 Å². The second kappa shape index (κ2) is 18.1. The zero-order valence-corrected chi connectivity index (χ0v) is 21.8. The molecule has 0 saturated heterocycles. The Balaban J connectivity index is 1.82. The van der Waals surface area contributed by atoms with Crippen molar-refractivity contribution in [2.45, 2.75) is 91.3 Å². The molecule has 0 radical (unpaired) electrons. The Kier molecular flexibility index (Phi) is 14.5. The molecule has 0 aliphatic carbocycles. The van der Waals surface area contributed by atoms with Crippen LogP contribution >= 0.6 is 0 Å². The Morgan fingerprint density at radius 1 is 0.694 bits per heavy atom. The van der Waals surface area contributed by atoms with Gasteiger partial charge in [0.05, 0.1) is 11.4 Å². The molecule has 194 valence electrons. The first kappa shape index (κ1) is 29.0. The van der Waals surface area contributed by atoms with E-state index in [4.69, 9.17) is 9.47 Å². The van der Waals surface area contributed by atoms with E-state index in [1.54, 1.807) is 12.4 Å². The highest BCUT2D eigenvalue weighted by molar-refractivity contribution is 5.82. The number of unbranched alkanes of at least 4 members (excludes halogenated alkanes) is 8. The van der Waals surface area contributed by atoms with Crippen LogP contribution in [0.1, 0.15) is 89.2 Å². The number of ether oxygens (including phenoxy) is 2. The van der Waals surface area contributed by atoms with Crippen molar-refractivity contribution in [1.29, 1.82) is 0 Å². The van der Waals surface area contributed by atoms with Gasteiger partial charge in [-0.05, 0) is 61.1 Å². The maximum Gasteiger partial charge on any atom is 0.330 e. The van der Waals surface area contributed by atoms with Crippen molar-refractivity contribution in [2.75, 3.05) is 0 Å². The van der Waals surface area contributed by atoms with E-state index in [0.717, 1.165) is 36.8 Å². The van der Waals surface area contributed by atoms with Crippen LogP contribution in [0, 0.1) is 0 Å². The first-order chi connectivity index (χ1) is 17.6. The Hall–Kier alpha value is -3.28. The SMILES string of the molecule is CCCCCC/C=C/C(=O)OCc1ccnc(-c2cc(COC(=O)/C=C/CCCCCC)ccn2)c1. The summed E-state index contributed by atoms with van der Waals surface area (Å²) in [5.41, 5.74) is 2.98. The van der Waals surface area contributed by atoms with Crippen molar-refractivity contribution in [3.05, 3.63) is 72.1 Å². The van der Waals surface area contributed by atoms with Gasteiger partial charge in [-0.15, -0.1) is 0 Å². The summed E-state index contributed by atoms with van der Waals surface area (Å²) in [5.74, 6) is -0.693. The highest BCUT2D eigenvalue weighted by atomic mass is 16.5. The van der Waals surface area contributed by atoms with Crippen LogP contribution in [0.4, 0.5) is 0 Å². The van der Waals surface area contributed by atoms with E-state index in [-0.39, 0.29) is 25.2 Å². The molecule has 2 rings (SSSR count). The predicted molar refractivity (Wildman–Crippen MR) is 143 cm³/mol. The van der Waals surface area contributed by atoms with E-state index < -0.39 is 0 Å². The molecule has 0 bridgehead atoms. The second-order valence-electron chi connectivity index (χ2n) is 8.82. The number of hydrogen-bond donors (Lipinski definition) is 0. The quantitative estimate of drug-likeness (QED) is 0.131. The molecule has 0 amide bonds. The molecular formula is C30H40N2O4. The molecular weight excluding hydrogens is 452 g/mol. The minimum absolute atomic E-state index is 0.163. The largest absolute Gasteiger partial charge is 0.458 e. The monoisotopic (exact) mass is 492 g/mol. The number of hydrogen-bond acceptors (Lipinski definition) is 6.